The van der Waals surface area contributed by atoms with Gasteiger partial charge < -0.3 is 14.2 Å². The molecule has 6 nitrogen and oxygen atoms in total. The molecule has 0 spiro atoms. The number of carbonyl (C=O) groups is 3. The Labute approximate surface area is 431 Å². The average molecular weight is 970 g/mol. The van der Waals surface area contributed by atoms with Crippen LogP contribution in [0.3, 0.4) is 0 Å². The molecule has 0 aliphatic carbocycles. The average Bonchev–Trinajstić information content (AvgIpc) is 3.36. The Hall–Kier alpha value is -4.19. The first-order chi connectivity index (χ1) is 34.5. The van der Waals surface area contributed by atoms with Crippen LogP contribution in [0.5, 0.6) is 0 Å². The highest BCUT2D eigenvalue weighted by atomic mass is 16.6. The summed E-state index contributed by atoms with van der Waals surface area (Å²) in [6, 6.07) is 0. The van der Waals surface area contributed by atoms with Crippen LogP contribution in [0.1, 0.15) is 245 Å². The van der Waals surface area contributed by atoms with Crippen LogP contribution in [0.2, 0.25) is 0 Å². The van der Waals surface area contributed by atoms with E-state index in [2.05, 4.69) is 142 Å². The van der Waals surface area contributed by atoms with Gasteiger partial charge >= 0.3 is 17.9 Å². The normalized spacial score (nSPS) is 13.0. The predicted molar refractivity (Wildman–Crippen MR) is 302 cm³/mol. The lowest BCUT2D eigenvalue weighted by atomic mass is 10.1. The molecule has 0 saturated heterocycles. The molecular formula is C64H104O6. The van der Waals surface area contributed by atoms with Gasteiger partial charge in [0.2, 0.25) is 0 Å². The first-order valence-electron chi connectivity index (χ1n) is 28.6. The summed E-state index contributed by atoms with van der Waals surface area (Å²) in [6.07, 6.45) is 79.1. The standard InChI is InChI=1S/C64H104O6/c1-4-7-10-13-16-19-22-25-28-31-34-36-39-42-45-48-51-54-57-63(66)69-60-61(70-64(67)58-55-52-49-46-43-40-37-33-30-27-24-21-18-15-12-9-6-3)59-68-62(65)56-53-50-47-44-41-38-35-32-29-26-23-20-17-14-11-8-5-2/h18,21-22,25-31,34-38,40,44,46-47,49,61H,4-17,19-20,23-24,32-33,39,41-43,45,48,50-60H2,1-3H3/b21-18-,25-22-,29-26-,30-27-,31-28-,36-34-,38-35-,40-37-,47-44-,49-46-. The summed E-state index contributed by atoms with van der Waals surface area (Å²) >= 11 is 0. The molecule has 0 aliphatic heterocycles. The number of hydrogen-bond donors (Lipinski definition) is 0. The number of allylic oxidation sites excluding steroid dienone is 20. The van der Waals surface area contributed by atoms with Crippen LogP contribution in [-0.2, 0) is 28.6 Å². The van der Waals surface area contributed by atoms with Crippen LogP contribution in [0, 0.1) is 0 Å². The molecule has 0 radical (unpaired) electrons. The van der Waals surface area contributed by atoms with E-state index in [9.17, 15) is 14.4 Å². The Kier molecular flexibility index (Phi) is 54.0. The summed E-state index contributed by atoms with van der Waals surface area (Å²) in [5.41, 5.74) is 0. The molecule has 0 rings (SSSR count). The molecule has 0 heterocycles. The minimum atomic E-state index is -0.840. The fourth-order valence-corrected chi connectivity index (χ4v) is 7.39. The molecule has 0 aromatic carbocycles. The van der Waals surface area contributed by atoms with Crippen molar-refractivity contribution in [3.8, 4) is 0 Å². The number of hydrogen-bond acceptors (Lipinski definition) is 6. The van der Waals surface area contributed by atoms with Crippen molar-refractivity contribution >= 4 is 17.9 Å². The number of carbonyl (C=O) groups excluding carboxylic acids is 3. The smallest absolute Gasteiger partial charge is 0.306 e. The molecule has 1 unspecified atom stereocenters. The summed E-state index contributed by atoms with van der Waals surface area (Å²) in [5.74, 6) is -1.06. The van der Waals surface area contributed by atoms with Crippen LogP contribution in [-0.4, -0.2) is 37.2 Å². The Morgan fingerprint density at radius 2 is 0.586 bits per heavy atom. The lowest BCUT2D eigenvalue weighted by molar-refractivity contribution is -0.167. The molecule has 0 amide bonds. The lowest BCUT2D eigenvalue weighted by Gasteiger charge is -2.18. The van der Waals surface area contributed by atoms with Crippen molar-refractivity contribution in [3.63, 3.8) is 0 Å². The zero-order chi connectivity index (χ0) is 50.7. The van der Waals surface area contributed by atoms with Crippen molar-refractivity contribution in [3.05, 3.63) is 122 Å². The van der Waals surface area contributed by atoms with Gasteiger partial charge in [-0.25, -0.2) is 0 Å². The second kappa shape index (κ2) is 57.4. The molecule has 0 bridgehead atoms. The molecule has 0 aromatic rings. The Bertz CT molecular complexity index is 1490. The minimum absolute atomic E-state index is 0.129. The summed E-state index contributed by atoms with van der Waals surface area (Å²) in [5, 5.41) is 0. The molecule has 0 aliphatic rings. The van der Waals surface area contributed by atoms with E-state index in [0.29, 0.717) is 19.3 Å². The van der Waals surface area contributed by atoms with E-state index in [0.717, 1.165) is 89.9 Å². The van der Waals surface area contributed by atoms with E-state index in [4.69, 9.17) is 14.2 Å². The Balaban J connectivity index is 4.61. The number of unbranched alkanes of at least 4 members (excludes halogenated alkanes) is 21. The maximum atomic E-state index is 12.8. The summed E-state index contributed by atoms with van der Waals surface area (Å²) in [6.45, 7) is 6.47. The van der Waals surface area contributed by atoms with Crippen LogP contribution in [0.4, 0.5) is 0 Å². The number of rotatable bonds is 50. The predicted octanol–water partition coefficient (Wildman–Crippen LogP) is 19.3. The summed E-state index contributed by atoms with van der Waals surface area (Å²) in [4.78, 5) is 38.1. The molecule has 0 saturated carbocycles. The zero-order valence-corrected chi connectivity index (χ0v) is 45.2. The van der Waals surface area contributed by atoms with Gasteiger partial charge in [0.15, 0.2) is 6.10 Å². The molecule has 0 aromatic heterocycles. The highest BCUT2D eigenvalue weighted by molar-refractivity contribution is 5.71. The molecule has 396 valence electrons. The van der Waals surface area contributed by atoms with Gasteiger partial charge in [0.25, 0.3) is 0 Å². The maximum absolute atomic E-state index is 12.8. The maximum Gasteiger partial charge on any atom is 0.306 e. The number of esters is 3. The lowest BCUT2D eigenvalue weighted by Crippen LogP contribution is -2.30. The van der Waals surface area contributed by atoms with Crippen molar-refractivity contribution in [1.82, 2.24) is 0 Å². The van der Waals surface area contributed by atoms with Crippen molar-refractivity contribution in [2.75, 3.05) is 13.2 Å². The van der Waals surface area contributed by atoms with Crippen LogP contribution in [0.25, 0.3) is 0 Å². The van der Waals surface area contributed by atoms with E-state index in [1.165, 1.54) is 103 Å². The topological polar surface area (TPSA) is 78.9 Å². The van der Waals surface area contributed by atoms with Crippen molar-refractivity contribution < 1.29 is 28.6 Å². The third-order valence-corrected chi connectivity index (χ3v) is 11.7. The Morgan fingerprint density at radius 3 is 1.00 bits per heavy atom. The molecule has 0 N–H and O–H groups in total. The quantitative estimate of drug-likeness (QED) is 0.0199. The van der Waals surface area contributed by atoms with E-state index >= 15 is 0 Å². The van der Waals surface area contributed by atoms with Gasteiger partial charge in [-0.05, 0) is 116 Å². The van der Waals surface area contributed by atoms with Crippen LogP contribution < -0.4 is 0 Å². The second-order valence-corrected chi connectivity index (χ2v) is 18.5. The van der Waals surface area contributed by atoms with Crippen molar-refractivity contribution in [2.24, 2.45) is 0 Å². The molecule has 1 atom stereocenters. The van der Waals surface area contributed by atoms with E-state index in [1.807, 2.05) is 0 Å². The van der Waals surface area contributed by atoms with Crippen molar-refractivity contribution in [2.45, 2.75) is 252 Å². The van der Waals surface area contributed by atoms with Crippen molar-refractivity contribution in [1.29, 1.82) is 0 Å². The SMILES string of the molecule is CCCCC/C=C\C/C=C\C/C=C\C/C=C\CCCC(=O)OC(COC(=O)CCC/C=C\C/C=C\C/C=C\CCCCCCCC)COC(=O)CCCCCCC\C=C/C=C\C=C/CCCCCCC. The highest BCUT2D eigenvalue weighted by Gasteiger charge is 2.19. The Morgan fingerprint density at radius 1 is 0.300 bits per heavy atom. The minimum Gasteiger partial charge on any atom is -0.462 e. The van der Waals surface area contributed by atoms with Crippen LogP contribution >= 0.6 is 0 Å². The molecule has 70 heavy (non-hydrogen) atoms. The van der Waals surface area contributed by atoms with E-state index in [-0.39, 0.29) is 44.0 Å². The van der Waals surface area contributed by atoms with Crippen LogP contribution in [0.15, 0.2) is 122 Å². The fraction of sp³-hybridized carbons (Fsp3) is 0.641. The molecule has 0 fully saturated rings. The third kappa shape index (κ3) is 54.7. The number of ether oxygens (including phenoxy) is 3. The summed E-state index contributed by atoms with van der Waals surface area (Å²) in [7, 11) is 0. The van der Waals surface area contributed by atoms with E-state index in [1.54, 1.807) is 0 Å². The van der Waals surface area contributed by atoms with Gasteiger partial charge in [-0.2, -0.15) is 0 Å². The van der Waals surface area contributed by atoms with Gasteiger partial charge in [-0.3, -0.25) is 14.4 Å². The molecule has 6 heteroatoms. The fourth-order valence-electron chi connectivity index (χ4n) is 7.39. The van der Waals surface area contributed by atoms with Gasteiger partial charge in [0, 0.05) is 19.3 Å². The summed E-state index contributed by atoms with van der Waals surface area (Å²) < 4.78 is 16.7. The first kappa shape index (κ1) is 65.8. The first-order valence-corrected chi connectivity index (χ1v) is 28.6. The zero-order valence-electron chi connectivity index (χ0n) is 45.2. The van der Waals surface area contributed by atoms with Gasteiger partial charge in [0.1, 0.15) is 13.2 Å². The van der Waals surface area contributed by atoms with Gasteiger partial charge in [-0.1, -0.05) is 232 Å². The monoisotopic (exact) mass is 969 g/mol. The molecular weight excluding hydrogens is 865 g/mol. The third-order valence-electron chi connectivity index (χ3n) is 11.7. The van der Waals surface area contributed by atoms with Gasteiger partial charge in [-0.15, -0.1) is 0 Å². The largest absolute Gasteiger partial charge is 0.462 e. The van der Waals surface area contributed by atoms with E-state index < -0.39 is 6.10 Å². The van der Waals surface area contributed by atoms with Gasteiger partial charge in [0.05, 0.1) is 0 Å². The second-order valence-electron chi connectivity index (χ2n) is 18.5. The highest BCUT2D eigenvalue weighted by Crippen LogP contribution is 2.12.